The van der Waals surface area contributed by atoms with Gasteiger partial charge in [0.25, 0.3) is 5.91 Å². The second-order valence-corrected chi connectivity index (χ2v) is 6.79. The molecule has 1 amide bonds. The SMILES string of the molecule is CCOC(=O)Cn1cc2cc(NC(=O)c3cccc(-c4cnn(C)c4)n3)c(F)cc2n1. The van der Waals surface area contributed by atoms with Gasteiger partial charge < -0.3 is 10.1 Å². The number of esters is 1. The van der Waals surface area contributed by atoms with Crippen LogP contribution in [0.2, 0.25) is 0 Å². The molecule has 0 fully saturated rings. The molecule has 9 nitrogen and oxygen atoms in total. The maximum Gasteiger partial charge on any atom is 0.327 e. The lowest BCUT2D eigenvalue weighted by Gasteiger charge is -2.07. The molecule has 3 aromatic heterocycles. The van der Waals surface area contributed by atoms with Crippen molar-refractivity contribution in [1.82, 2.24) is 24.5 Å². The lowest BCUT2D eigenvalue weighted by Crippen LogP contribution is -2.14. The van der Waals surface area contributed by atoms with E-state index >= 15 is 0 Å². The Bertz CT molecular complexity index is 1280. The van der Waals surface area contributed by atoms with Gasteiger partial charge in [0.2, 0.25) is 0 Å². The molecule has 1 aromatic carbocycles. The maximum absolute atomic E-state index is 14.5. The minimum Gasteiger partial charge on any atom is -0.465 e. The molecule has 4 aromatic rings. The number of pyridine rings is 1. The molecule has 0 bridgehead atoms. The van der Waals surface area contributed by atoms with Crippen LogP contribution in [0.25, 0.3) is 22.2 Å². The van der Waals surface area contributed by atoms with Crippen molar-refractivity contribution in [2.45, 2.75) is 13.5 Å². The van der Waals surface area contributed by atoms with Gasteiger partial charge in [-0.15, -0.1) is 0 Å². The third-order valence-corrected chi connectivity index (χ3v) is 4.47. The summed E-state index contributed by atoms with van der Waals surface area (Å²) in [5, 5.41) is 11.4. The molecule has 0 aliphatic rings. The highest BCUT2D eigenvalue weighted by atomic mass is 19.1. The smallest absolute Gasteiger partial charge is 0.327 e. The van der Waals surface area contributed by atoms with Crippen LogP contribution in [0.4, 0.5) is 10.1 Å². The molecule has 0 spiro atoms. The number of fused-ring (bicyclic) bond motifs is 1. The van der Waals surface area contributed by atoms with E-state index in [1.807, 2.05) is 0 Å². The Morgan fingerprint density at radius 3 is 2.81 bits per heavy atom. The molecule has 3 heterocycles. The summed E-state index contributed by atoms with van der Waals surface area (Å²) < 4.78 is 22.4. The second-order valence-electron chi connectivity index (χ2n) is 6.79. The highest BCUT2D eigenvalue weighted by molar-refractivity contribution is 6.04. The van der Waals surface area contributed by atoms with Crippen LogP contribution in [0.1, 0.15) is 17.4 Å². The van der Waals surface area contributed by atoms with Crippen LogP contribution >= 0.6 is 0 Å². The topological polar surface area (TPSA) is 104 Å². The highest BCUT2D eigenvalue weighted by Crippen LogP contribution is 2.23. The summed E-state index contributed by atoms with van der Waals surface area (Å²) in [6.07, 6.45) is 5.01. The zero-order valence-electron chi connectivity index (χ0n) is 16.9. The number of hydrogen-bond acceptors (Lipinski definition) is 6. The van der Waals surface area contributed by atoms with Gasteiger partial charge in [0.05, 0.1) is 29.7 Å². The summed E-state index contributed by atoms with van der Waals surface area (Å²) in [5.41, 5.74) is 1.83. The van der Waals surface area contributed by atoms with Gasteiger partial charge in [-0.2, -0.15) is 10.2 Å². The second kappa shape index (κ2) is 8.34. The van der Waals surface area contributed by atoms with Crippen LogP contribution in [0.15, 0.2) is 48.9 Å². The Labute approximate surface area is 176 Å². The third-order valence-electron chi connectivity index (χ3n) is 4.47. The van der Waals surface area contributed by atoms with Gasteiger partial charge in [0, 0.05) is 36.5 Å². The predicted octanol–water partition coefficient (Wildman–Crippen LogP) is 2.79. The normalized spacial score (nSPS) is 10.9. The minimum atomic E-state index is -0.648. The van der Waals surface area contributed by atoms with Crippen molar-refractivity contribution in [1.29, 1.82) is 0 Å². The van der Waals surface area contributed by atoms with Gasteiger partial charge in [-0.3, -0.25) is 19.0 Å². The van der Waals surface area contributed by atoms with E-state index in [0.29, 0.717) is 16.6 Å². The standard InChI is InChI=1S/C21H19FN6O3/c1-3-31-20(29)12-28-11-13-7-19(15(22)8-18(13)26-28)25-21(30)17-6-4-5-16(24-17)14-9-23-27(2)10-14/h4-11H,3,12H2,1-2H3,(H,25,30). The Kier molecular flexibility index (Phi) is 5.44. The Morgan fingerprint density at radius 1 is 1.23 bits per heavy atom. The molecule has 0 saturated heterocycles. The van der Waals surface area contributed by atoms with Gasteiger partial charge in [-0.05, 0) is 25.1 Å². The summed E-state index contributed by atoms with van der Waals surface area (Å²) in [7, 11) is 1.79. The average molecular weight is 422 g/mol. The first kappa shape index (κ1) is 20.2. The van der Waals surface area contributed by atoms with Crippen LogP contribution in [0.3, 0.4) is 0 Å². The van der Waals surface area contributed by atoms with Gasteiger partial charge in [0.15, 0.2) is 0 Å². The first-order valence-electron chi connectivity index (χ1n) is 9.52. The van der Waals surface area contributed by atoms with E-state index < -0.39 is 17.7 Å². The lowest BCUT2D eigenvalue weighted by molar-refractivity contribution is -0.144. The molecule has 158 valence electrons. The molecule has 0 atom stereocenters. The zero-order valence-corrected chi connectivity index (χ0v) is 16.9. The van der Waals surface area contributed by atoms with Gasteiger partial charge in [-0.25, -0.2) is 9.37 Å². The summed E-state index contributed by atoms with van der Waals surface area (Å²) in [5.74, 6) is -1.64. The molecule has 4 rings (SSSR count). The summed E-state index contributed by atoms with van der Waals surface area (Å²) in [4.78, 5) is 28.6. The number of carbonyl (C=O) groups excluding carboxylic acids is 2. The molecular formula is C21H19FN6O3. The number of hydrogen-bond donors (Lipinski definition) is 1. The molecule has 0 radical (unpaired) electrons. The Balaban J connectivity index is 1.56. The number of aromatic nitrogens is 5. The maximum atomic E-state index is 14.5. The number of nitrogens with zero attached hydrogens (tertiary/aromatic N) is 5. The van der Waals surface area contributed by atoms with E-state index in [1.54, 1.807) is 55.4 Å². The molecule has 1 N–H and O–H groups in total. The largest absolute Gasteiger partial charge is 0.465 e. The number of nitrogens with one attached hydrogen (secondary N) is 1. The fraction of sp³-hybridized carbons (Fsp3) is 0.190. The highest BCUT2D eigenvalue weighted by Gasteiger charge is 2.15. The van der Waals surface area contributed by atoms with Gasteiger partial charge in [0.1, 0.15) is 18.1 Å². The van der Waals surface area contributed by atoms with E-state index in [-0.39, 0.29) is 24.5 Å². The molecule has 0 unspecified atom stereocenters. The van der Waals surface area contributed by atoms with Crippen LogP contribution in [-0.4, -0.2) is 43.0 Å². The third kappa shape index (κ3) is 4.42. The monoisotopic (exact) mass is 422 g/mol. The first-order chi connectivity index (χ1) is 14.9. The fourth-order valence-corrected chi connectivity index (χ4v) is 3.07. The Morgan fingerprint density at radius 2 is 2.06 bits per heavy atom. The van der Waals surface area contributed by atoms with Crippen LogP contribution in [0, 0.1) is 5.82 Å². The van der Waals surface area contributed by atoms with E-state index in [1.165, 1.54) is 16.8 Å². The molecule has 0 aliphatic heterocycles. The van der Waals surface area contributed by atoms with Crippen molar-refractivity contribution < 1.29 is 18.7 Å². The quantitative estimate of drug-likeness (QED) is 0.479. The first-order valence-corrected chi connectivity index (χ1v) is 9.52. The van der Waals surface area contributed by atoms with Crippen LogP contribution in [-0.2, 0) is 23.1 Å². The van der Waals surface area contributed by atoms with Crippen LogP contribution in [0.5, 0.6) is 0 Å². The number of aryl methyl sites for hydroxylation is 1. The molecular weight excluding hydrogens is 403 g/mol. The number of amides is 1. The van der Waals surface area contributed by atoms with Gasteiger partial charge >= 0.3 is 5.97 Å². The van der Waals surface area contributed by atoms with E-state index in [9.17, 15) is 14.0 Å². The summed E-state index contributed by atoms with van der Waals surface area (Å²) in [6.45, 7) is 1.89. The minimum absolute atomic E-state index is 0.0123. The van der Waals surface area contributed by atoms with E-state index in [2.05, 4.69) is 20.5 Å². The fourth-order valence-electron chi connectivity index (χ4n) is 3.07. The van der Waals surface area contributed by atoms with Crippen molar-refractivity contribution in [2.75, 3.05) is 11.9 Å². The van der Waals surface area contributed by atoms with Crippen LogP contribution < -0.4 is 5.32 Å². The molecule has 0 aliphatic carbocycles. The van der Waals surface area contributed by atoms with E-state index in [4.69, 9.17) is 4.74 Å². The number of halogens is 1. The van der Waals surface area contributed by atoms with Gasteiger partial charge in [-0.1, -0.05) is 6.07 Å². The zero-order chi connectivity index (χ0) is 22.0. The van der Waals surface area contributed by atoms with Crippen molar-refractivity contribution in [2.24, 2.45) is 7.05 Å². The number of anilines is 1. The number of ether oxygens (including phenoxy) is 1. The number of benzene rings is 1. The van der Waals surface area contributed by atoms with Crippen molar-refractivity contribution in [3.8, 4) is 11.3 Å². The van der Waals surface area contributed by atoms with Crippen molar-refractivity contribution in [3.05, 3.63) is 60.4 Å². The molecule has 0 saturated carbocycles. The van der Waals surface area contributed by atoms with Crippen molar-refractivity contribution in [3.63, 3.8) is 0 Å². The summed E-state index contributed by atoms with van der Waals surface area (Å²) in [6, 6.07) is 7.67. The molecule has 10 heteroatoms. The summed E-state index contributed by atoms with van der Waals surface area (Å²) >= 11 is 0. The number of carbonyl (C=O) groups is 2. The van der Waals surface area contributed by atoms with E-state index in [0.717, 1.165) is 5.56 Å². The average Bonchev–Trinajstić information content (AvgIpc) is 3.34. The lowest BCUT2D eigenvalue weighted by atomic mass is 10.2. The predicted molar refractivity (Wildman–Crippen MR) is 111 cm³/mol. The molecule has 31 heavy (non-hydrogen) atoms. The number of rotatable bonds is 6. The van der Waals surface area contributed by atoms with Crippen molar-refractivity contribution >= 4 is 28.5 Å². The Hall–Kier alpha value is -4.08.